The van der Waals surface area contributed by atoms with Crippen molar-refractivity contribution in [2.24, 2.45) is 0 Å². The molecule has 1 aliphatic rings. The molecule has 2 amide bonds. The molecular formula is C14H22N4O3. The number of aromatic nitrogens is 2. The van der Waals surface area contributed by atoms with E-state index in [1.165, 1.54) is 0 Å². The minimum absolute atomic E-state index is 0.0189. The van der Waals surface area contributed by atoms with E-state index in [0.717, 1.165) is 0 Å². The Hall–Kier alpha value is -1.92. The average molecular weight is 294 g/mol. The standard InChI is InChI=1S/C14H22N4O3/c1-4-14(5-2)13(20)18(8-6-11(19)16-14)9-7-12-15-10(3)17-21-12/h4-9H2,1-3H3,(H,16,19). The van der Waals surface area contributed by atoms with Crippen molar-refractivity contribution in [3.05, 3.63) is 11.7 Å². The van der Waals surface area contributed by atoms with Crippen LogP contribution in [0.4, 0.5) is 0 Å². The molecule has 0 aromatic carbocycles. The first-order valence-corrected chi connectivity index (χ1v) is 7.40. The van der Waals surface area contributed by atoms with E-state index in [-0.39, 0.29) is 11.8 Å². The van der Waals surface area contributed by atoms with Crippen molar-refractivity contribution < 1.29 is 14.1 Å². The maximum atomic E-state index is 12.7. The number of rotatable bonds is 5. The first-order valence-electron chi connectivity index (χ1n) is 7.40. The van der Waals surface area contributed by atoms with Crippen molar-refractivity contribution in [1.82, 2.24) is 20.4 Å². The van der Waals surface area contributed by atoms with Crippen LogP contribution in [-0.2, 0) is 16.0 Å². The maximum absolute atomic E-state index is 12.7. The lowest BCUT2D eigenvalue weighted by Gasteiger charge is -2.33. The second kappa shape index (κ2) is 6.24. The Morgan fingerprint density at radius 1 is 1.33 bits per heavy atom. The van der Waals surface area contributed by atoms with Gasteiger partial charge in [0.1, 0.15) is 5.54 Å². The summed E-state index contributed by atoms with van der Waals surface area (Å²) in [7, 11) is 0. The highest BCUT2D eigenvalue weighted by molar-refractivity contribution is 5.93. The summed E-state index contributed by atoms with van der Waals surface area (Å²) in [6.07, 6.45) is 2.01. The van der Waals surface area contributed by atoms with Crippen LogP contribution in [0.2, 0.25) is 0 Å². The van der Waals surface area contributed by atoms with Gasteiger partial charge in [0.25, 0.3) is 0 Å². The smallest absolute Gasteiger partial charge is 0.248 e. The third-order valence-electron chi connectivity index (χ3n) is 4.06. The Bertz CT molecular complexity index is 522. The van der Waals surface area contributed by atoms with Gasteiger partial charge in [-0.3, -0.25) is 9.59 Å². The number of hydrogen-bond donors (Lipinski definition) is 1. The largest absolute Gasteiger partial charge is 0.342 e. The summed E-state index contributed by atoms with van der Waals surface area (Å²) in [4.78, 5) is 30.5. The monoisotopic (exact) mass is 294 g/mol. The summed E-state index contributed by atoms with van der Waals surface area (Å²) < 4.78 is 5.07. The number of aryl methyl sites for hydroxylation is 1. The van der Waals surface area contributed by atoms with Gasteiger partial charge in [0.05, 0.1) is 0 Å². The molecule has 0 aliphatic carbocycles. The molecule has 2 heterocycles. The van der Waals surface area contributed by atoms with Crippen LogP contribution in [0.15, 0.2) is 4.52 Å². The zero-order valence-corrected chi connectivity index (χ0v) is 12.8. The number of nitrogens with one attached hydrogen (secondary N) is 1. The van der Waals surface area contributed by atoms with Gasteiger partial charge in [0.15, 0.2) is 5.82 Å². The van der Waals surface area contributed by atoms with Gasteiger partial charge >= 0.3 is 0 Å². The van der Waals surface area contributed by atoms with E-state index in [1.807, 2.05) is 13.8 Å². The van der Waals surface area contributed by atoms with Crippen molar-refractivity contribution in [3.63, 3.8) is 0 Å². The Kier molecular flexibility index (Phi) is 4.59. The van der Waals surface area contributed by atoms with Crippen LogP contribution in [0.1, 0.15) is 44.8 Å². The second-order valence-corrected chi connectivity index (χ2v) is 5.36. The SMILES string of the molecule is CCC1(CC)NC(=O)CCN(CCc2nc(C)no2)C1=O. The Morgan fingerprint density at radius 2 is 2.05 bits per heavy atom. The van der Waals surface area contributed by atoms with E-state index in [0.29, 0.717) is 50.5 Å². The molecule has 1 saturated heterocycles. The second-order valence-electron chi connectivity index (χ2n) is 5.36. The first kappa shape index (κ1) is 15.5. The van der Waals surface area contributed by atoms with E-state index in [1.54, 1.807) is 11.8 Å². The molecule has 1 fully saturated rings. The van der Waals surface area contributed by atoms with Crippen molar-refractivity contribution in [2.45, 2.75) is 52.0 Å². The van der Waals surface area contributed by atoms with Crippen LogP contribution in [-0.4, -0.2) is 45.5 Å². The van der Waals surface area contributed by atoms with Gasteiger partial charge in [0, 0.05) is 25.9 Å². The molecule has 0 bridgehead atoms. The molecule has 7 heteroatoms. The third kappa shape index (κ3) is 3.22. The highest BCUT2D eigenvalue weighted by atomic mass is 16.5. The van der Waals surface area contributed by atoms with Crippen LogP contribution in [0.25, 0.3) is 0 Å². The molecule has 116 valence electrons. The van der Waals surface area contributed by atoms with Crippen molar-refractivity contribution in [3.8, 4) is 0 Å². The summed E-state index contributed by atoms with van der Waals surface area (Å²) >= 11 is 0. The average Bonchev–Trinajstić information content (AvgIpc) is 2.84. The van der Waals surface area contributed by atoms with Gasteiger partial charge in [-0.1, -0.05) is 19.0 Å². The molecule has 0 radical (unpaired) electrons. The lowest BCUT2D eigenvalue weighted by atomic mass is 9.91. The highest BCUT2D eigenvalue weighted by Crippen LogP contribution is 2.22. The van der Waals surface area contributed by atoms with E-state index in [2.05, 4.69) is 15.5 Å². The summed E-state index contributed by atoms with van der Waals surface area (Å²) in [6.45, 7) is 6.52. The van der Waals surface area contributed by atoms with Gasteiger partial charge in [-0.05, 0) is 19.8 Å². The molecule has 1 aromatic rings. The molecule has 1 N–H and O–H groups in total. The number of carbonyl (C=O) groups is 2. The molecule has 2 rings (SSSR count). The summed E-state index contributed by atoms with van der Waals surface area (Å²) in [5.41, 5.74) is -0.779. The molecule has 0 spiro atoms. The number of amides is 2. The van der Waals surface area contributed by atoms with Crippen molar-refractivity contribution >= 4 is 11.8 Å². The van der Waals surface area contributed by atoms with Gasteiger partial charge in [0.2, 0.25) is 17.7 Å². The summed E-state index contributed by atoms with van der Waals surface area (Å²) in [5, 5.41) is 6.63. The molecular weight excluding hydrogens is 272 g/mol. The quantitative estimate of drug-likeness (QED) is 0.869. The van der Waals surface area contributed by atoms with Gasteiger partial charge in [-0.15, -0.1) is 0 Å². The lowest BCUT2D eigenvalue weighted by Crippen LogP contribution is -2.56. The van der Waals surface area contributed by atoms with Crippen LogP contribution < -0.4 is 5.32 Å². The predicted molar refractivity (Wildman–Crippen MR) is 75.4 cm³/mol. The predicted octanol–water partition coefficient (Wildman–Crippen LogP) is 0.828. The van der Waals surface area contributed by atoms with Crippen LogP contribution in [0, 0.1) is 6.92 Å². The lowest BCUT2D eigenvalue weighted by molar-refractivity contribution is -0.139. The molecule has 7 nitrogen and oxygen atoms in total. The summed E-state index contributed by atoms with van der Waals surface area (Å²) in [6, 6.07) is 0. The van der Waals surface area contributed by atoms with E-state index in [4.69, 9.17) is 4.52 Å². The fraction of sp³-hybridized carbons (Fsp3) is 0.714. The van der Waals surface area contributed by atoms with Crippen LogP contribution in [0.3, 0.4) is 0 Å². The minimum Gasteiger partial charge on any atom is -0.342 e. The third-order valence-corrected chi connectivity index (χ3v) is 4.06. The molecule has 0 saturated carbocycles. The molecule has 21 heavy (non-hydrogen) atoms. The van der Waals surface area contributed by atoms with Gasteiger partial charge in [-0.25, -0.2) is 0 Å². The van der Waals surface area contributed by atoms with Crippen LogP contribution in [0.5, 0.6) is 0 Å². The van der Waals surface area contributed by atoms with E-state index >= 15 is 0 Å². The first-order chi connectivity index (χ1) is 10.0. The fourth-order valence-electron chi connectivity index (χ4n) is 2.64. The van der Waals surface area contributed by atoms with Gasteiger partial charge in [-0.2, -0.15) is 4.98 Å². The van der Waals surface area contributed by atoms with Crippen LogP contribution >= 0.6 is 0 Å². The Balaban J connectivity index is 2.10. The highest BCUT2D eigenvalue weighted by Gasteiger charge is 2.41. The number of carbonyl (C=O) groups excluding carboxylic acids is 2. The zero-order chi connectivity index (χ0) is 15.5. The minimum atomic E-state index is -0.779. The molecule has 0 unspecified atom stereocenters. The summed E-state index contributed by atoms with van der Waals surface area (Å²) in [5.74, 6) is 1.01. The molecule has 1 aliphatic heterocycles. The Morgan fingerprint density at radius 3 is 2.62 bits per heavy atom. The molecule has 1 aromatic heterocycles. The number of nitrogens with zero attached hydrogens (tertiary/aromatic N) is 3. The van der Waals surface area contributed by atoms with Crippen molar-refractivity contribution in [2.75, 3.05) is 13.1 Å². The van der Waals surface area contributed by atoms with E-state index < -0.39 is 5.54 Å². The normalized spacial score (nSPS) is 18.5. The topological polar surface area (TPSA) is 88.3 Å². The van der Waals surface area contributed by atoms with Crippen molar-refractivity contribution in [1.29, 1.82) is 0 Å². The fourth-order valence-corrected chi connectivity index (χ4v) is 2.64. The number of hydrogen-bond acceptors (Lipinski definition) is 5. The Labute approximate surface area is 124 Å². The molecule has 0 atom stereocenters. The van der Waals surface area contributed by atoms with Gasteiger partial charge < -0.3 is 14.7 Å². The van der Waals surface area contributed by atoms with E-state index in [9.17, 15) is 9.59 Å². The maximum Gasteiger partial charge on any atom is 0.248 e. The zero-order valence-electron chi connectivity index (χ0n) is 12.8.